The smallest absolute Gasteiger partial charge is 0.119 e. The van der Waals surface area contributed by atoms with Crippen LogP contribution in [0.2, 0.25) is 0 Å². The molecule has 1 aromatic carbocycles. The lowest BCUT2D eigenvalue weighted by molar-refractivity contribution is 0.302. The van der Waals surface area contributed by atoms with Crippen molar-refractivity contribution in [3.05, 3.63) is 24.3 Å². The molecule has 0 radical (unpaired) electrons. The Hall–Kier alpha value is -1.22. The first-order valence-corrected chi connectivity index (χ1v) is 8.12. The quantitative estimate of drug-likeness (QED) is 0.648. The van der Waals surface area contributed by atoms with E-state index in [1.165, 1.54) is 19.3 Å². The molecule has 3 heteroatoms. The molecule has 0 unspecified atom stereocenters. The Balaban J connectivity index is 2.01. The molecular weight excluding hydrogens is 262 g/mol. The van der Waals surface area contributed by atoms with E-state index in [0.29, 0.717) is 6.61 Å². The summed E-state index contributed by atoms with van der Waals surface area (Å²) in [4.78, 5) is 0. The lowest BCUT2D eigenvalue weighted by atomic mass is 10.1. The number of unbranched alkanes of at least 4 members (excludes halogenated alkanes) is 3. The molecule has 1 N–H and O–H groups in total. The van der Waals surface area contributed by atoms with Gasteiger partial charge in [-0.1, -0.05) is 12.8 Å². The fourth-order valence-electron chi connectivity index (χ4n) is 2.03. The Morgan fingerprint density at radius 1 is 0.857 bits per heavy atom. The second-order valence-electron chi connectivity index (χ2n) is 6.34. The maximum Gasteiger partial charge on any atom is 0.119 e. The summed E-state index contributed by atoms with van der Waals surface area (Å²) in [7, 11) is 0. The molecule has 1 aromatic rings. The molecule has 0 saturated heterocycles. The zero-order chi connectivity index (χ0) is 15.6. The zero-order valence-corrected chi connectivity index (χ0v) is 14.1. The largest absolute Gasteiger partial charge is 0.494 e. The van der Waals surface area contributed by atoms with E-state index >= 15 is 0 Å². The van der Waals surface area contributed by atoms with E-state index in [-0.39, 0.29) is 5.54 Å². The third-order valence-corrected chi connectivity index (χ3v) is 3.13. The first kappa shape index (κ1) is 17.8. The first-order chi connectivity index (χ1) is 10.0. The molecule has 0 aliphatic rings. The number of hydrogen-bond donors (Lipinski definition) is 1. The Labute approximate surface area is 130 Å². The van der Waals surface area contributed by atoms with Gasteiger partial charge in [0.05, 0.1) is 13.2 Å². The highest BCUT2D eigenvalue weighted by atomic mass is 16.5. The molecule has 0 fully saturated rings. The highest BCUT2D eigenvalue weighted by Crippen LogP contribution is 2.17. The average molecular weight is 293 g/mol. The summed E-state index contributed by atoms with van der Waals surface area (Å²) in [6, 6.07) is 7.85. The molecule has 0 bridgehead atoms. The number of rotatable bonds is 10. The van der Waals surface area contributed by atoms with Crippen LogP contribution in [-0.2, 0) is 0 Å². The summed E-state index contributed by atoms with van der Waals surface area (Å²) in [5.74, 6) is 1.82. The summed E-state index contributed by atoms with van der Waals surface area (Å²) in [5.41, 5.74) is 0.233. The van der Waals surface area contributed by atoms with Crippen LogP contribution in [0.25, 0.3) is 0 Å². The van der Waals surface area contributed by atoms with Crippen molar-refractivity contribution >= 4 is 0 Å². The molecule has 3 nitrogen and oxygen atoms in total. The van der Waals surface area contributed by atoms with Gasteiger partial charge in [-0.15, -0.1) is 0 Å². The minimum Gasteiger partial charge on any atom is -0.494 e. The van der Waals surface area contributed by atoms with Crippen molar-refractivity contribution in [2.24, 2.45) is 0 Å². The van der Waals surface area contributed by atoms with Crippen LogP contribution in [0.15, 0.2) is 24.3 Å². The SMILES string of the molecule is CCOc1ccc(OCCCCCCNC(C)(C)C)cc1. The van der Waals surface area contributed by atoms with Crippen LogP contribution in [-0.4, -0.2) is 25.3 Å². The standard InChI is InChI=1S/C18H31NO2/c1-5-20-16-10-12-17(13-11-16)21-15-9-7-6-8-14-19-18(2,3)4/h10-13,19H,5-9,14-15H2,1-4H3. The average Bonchev–Trinajstić information content (AvgIpc) is 2.43. The van der Waals surface area contributed by atoms with Gasteiger partial charge in [-0.2, -0.15) is 0 Å². The van der Waals surface area contributed by atoms with Crippen LogP contribution in [0.3, 0.4) is 0 Å². The highest BCUT2D eigenvalue weighted by molar-refractivity contribution is 5.31. The molecule has 0 spiro atoms. The highest BCUT2D eigenvalue weighted by Gasteiger charge is 2.06. The van der Waals surface area contributed by atoms with Crippen LogP contribution in [0.4, 0.5) is 0 Å². The van der Waals surface area contributed by atoms with Crippen LogP contribution in [0.5, 0.6) is 11.5 Å². The summed E-state index contributed by atoms with van der Waals surface area (Å²) >= 11 is 0. The van der Waals surface area contributed by atoms with Crippen LogP contribution < -0.4 is 14.8 Å². The van der Waals surface area contributed by atoms with E-state index in [1.807, 2.05) is 31.2 Å². The summed E-state index contributed by atoms with van der Waals surface area (Å²) in [6.45, 7) is 11.2. The summed E-state index contributed by atoms with van der Waals surface area (Å²) < 4.78 is 11.1. The minimum atomic E-state index is 0.233. The van der Waals surface area contributed by atoms with Gasteiger partial charge >= 0.3 is 0 Å². The van der Waals surface area contributed by atoms with E-state index < -0.39 is 0 Å². The van der Waals surface area contributed by atoms with E-state index in [9.17, 15) is 0 Å². The van der Waals surface area contributed by atoms with Gasteiger partial charge in [0.1, 0.15) is 11.5 Å². The number of nitrogens with one attached hydrogen (secondary N) is 1. The molecule has 1 rings (SSSR count). The summed E-state index contributed by atoms with van der Waals surface area (Å²) in [6.07, 6.45) is 4.83. The fourth-order valence-corrected chi connectivity index (χ4v) is 2.03. The predicted octanol–water partition coefficient (Wildman–Crippen LogP) is 4.41. The Morgan fingerprint density at radius 3 is 2.00 bits per heavy atom. The van der Waals surface area contributed by atoms with Crippen molar-refractivity contribution in [3.8, 4) is 11.5 Å². The van der Waals surface area contributed by atoms with Crippen molar-refractivity contribution in [2.45, 2.75) is 58.9 Å². The predicted molar refractivity (Wildman–Crippen MR) is 89.3 cm³/mol. The topological polar surface area (TPSA) is 30.5 Å². The lowest BCUT2D eigenvalue weighted by Gasteiger charge is -2.20. The first-order valence-electron chi connectivity index (χ1n) is 8.12. The van der Waals surface area contributed by atoms with Crippen LogP contribution in [0.1, 0.15) is 53.4 Å². The van der Waals surface area contributed by atoms with E-state index in [1.54, 1.807) is 0 Å². The van der Waals surface area contributed by atoms with Crippen molar-refractivity contribution in [2.75, 3.05) is 19.8 Å². The Bertz CT molecular complexity index is 368. The molecular formula is C18H31NO2. The molecule has 0 aliphatic heterocycles. The second-order valence-corrected chi connectivity index (χ2v) is 6.34. The van der Waals surface area contributed by atoms with Crippen molar-refractivity contribution in [3.63, 3.8) is 0 Å². The van der Waals surface area contributed by atoms with Crippen LogP contribution in [0, 0.1) is 0 Å². The van der Waals surface area contributed by atoms with Gasteiger partial charge in [0.25, 0.3) is 0 Å². The monoisotopic (exact) mass is 293 g/mol. The molecule has 21 heavy (non-hydrogen) atoms. The second kappa shape index (κ2) is 9.67. The minimum absolute atomic E-state index is 0.233. The molecule has 0 saturated carbocycles. The van der Waals surface area contributed by atoms with E-state index in [2.05, 4.69) is 26.1 Å². The van der Waals surface area contributed by atoms with Gasteiger partial charge < -0.3 is 14.8 Å². The molecule has 0 aliphatic carbocycles. The normalized spacial score (nSPS) is 11.4. The zero-order valence-electron chi connectivity index (χ0n) is 14.1. The lowest BCUT2D eigenvalue weighted by Crippen LogP contribution is -2.36. The van der Waals surface area contributed by atoms with Gasteiger partial charge in [0.15, 0.2) is 0 Å². The molecule has 0 aromatic heterocycles. The van der Waals surface area contributed by atoms with Gasteiger partial charge in [-0.05, 0) is 71.3 Å². The number of hydrogen-bond acceptors (Lipinski definition) is 3. The third kappa shape index (κ3) is 9.35. The van der Waals surface area contributed by atoms with Gasteiger partial charge in [-0.25, -0.2) is 0 Å². The maximum absolute atomic E-state index is 5.73. The van der Waals surface area contributed by atoms with E-state index in [0.717, 1.165) is 31.1 Å². The van der Waals surface area contributed by atoms with Crippen molar-refractivity contribution < 1.29 is 9.47 Å². The summed E-state index contributed by atoms with van der Waals surface area (Å²) in [5, 5.41) is 3.51. The molecule has 120 valence electrons. The third-order valence-electron chi connectivity index (χ3n) is 3.13. The van der Waals surface area contributed by atoms with Gasteiger partial charge in [0, 0.05) is 5.54 Å². The van der Waals surface area contributed by atoms with Crippen molar-refractivity contribution in [1.82, 2.24) is 5.32 Å². The van der Waals surface area contributed by atoms with E-state index in [4.69, 9.17) is 9.47 Å². The molecule has 0 heterocycles. The molecule has 0 amide bonds. The molecule has 0 atom stereocenters. The Kier molecular flexibility index (Phi) is 8.21. The number of benzene rings is 1. The van der Waals surface area contributed by atoms with Crippen molar-refractivity contribution in [1.29, 1.82) is 0 Å². The Morgan fingerprint density at radius 2 is 1.43 bits per heavy atom. The maximum atomic E-state index is 5.73. The van der Waals surface area contributed by atoms with Gasteiger partial charge in [-0.3, -0.25) is 0 Å². The van der Waals surface area contributed by atoms with Crippen LogP contribution >= 0.6 is 0 Å². The number of ether oxygens (including phenoxy) is 2. The fraction of sp³-hybridized carbons (Fsp3) is 0.667. The van der Waals surface area contributed by atoms with Gasteiger partial charge in [0.2, 0.25) is 0 Å².